The SMILES string of the molecule is CC(=O)N1CCC(C(=O)Nc2cccc(C(=O)c3ccccc3)c2)(c2ccccc2)CC1. The first-order chi connectivity index (χ1) is 15.5. The van der Waals surface area contributed by atoms with Crippen molar-refractivity contribution < 1.29 is 14.4 Å². The number of nitrogens with one attached hydrogen (secondary N) is 1. The van der Waals surface area contributed by atoms with Crippen molar-refractivity contribution in [1.29, 1.82) is 0 Å². The Morgan fingerprint density at radius 1 is 0.781 bits per heavy atom. The molecule has 1 saturated heterocycles. The highest BCUT2D eigenvalue weighted by Gasteiger charge is 2.43. The number of piperidine rings is 1. The predicted molar refractivity (Wildman–Crippen MR) is 125 cm³/mol. The van der Waals surface area contributed by atoms with Crippen LogP contribution in [0, 0.1) is 0 Å². The van der Waals surface area contributed by atoms with Gasteiger partial charge in [-0.3, -0.25) is 14.4 Å². The molecule has 1 heterocycles. The van der Waals surface area contributed by atoms with Crippen LogP contribution >= 0.6 is 0 Å². The summed E-state index contributed by atoms with van der Waals surface area (Å²) in [6.07, 6.45) is 1.09. The third-order valence-electron chi connectivity index (χ3n) is 6.24. The standard InChI is InChI=1S/C27H26N2O3/c1-20(30)29-17-15-27(16-18-29,23-12-6-3-7-13-23)26(32)28-24-14-8-11-22(19-24)25(31)21-9-4-2-5-10-21/h2-14,19H,15-18H2,1H3,(H,28,32). The predicted octanol–water partition coefficient (Wildman–Crippen LogP) is 4.44. The molecule has 1 fully saturated rings. The Hall–Kier alpha value is -3.73. The second-order valence-corrected chi connectivity index (χ2v) is 8.18. The van der Waals surface area contributed by atoms with Gasteiger partial charge in [-0.2, -0.15) is 0 Å². The molecule has 3 aromatic carbocycles. The average molecular weight is 427 g/mol. The second kappa shape index (κ2) is 9.18. The molecule has 4 rings (SSSR count). The molecule has 0 unspecified atom stereocenters. The van der Waals surface area contributed by atoms with Gasteiger partial charge in [0.15, 0.2) is 5.78 Å². The summed E-state index contributed by atoms with van der Waals surface area (Å²) >= 11 is 0. The van der Waals surface area contributed by atoms with Gasteiger partial charge in [-0.15, -0.1) is 0 Å². The largest absolute Gasteiger partial charge is 0.343 e. The zero-order valence-electron chi connectivity index (χ0n) is 18.1. The Labute approximate surface area is 188 Å². The lowest BCUT2D eigenvalue weighted by atomic mass is 9.72. The molecule has 1 aliphatic heterocycles. The maximum Gasteiger partial charge on any atom is 0.235 e. The maximum absolute atomic E-state index is 13.6. The number of carbonyl (C=O) groups is 3. The number of rotatable bonds is 5. The van der Waals surface area contributed by atoms with E-state index < -0.39 is 5.41 Å². The fourth-order valence-electron chi connectivity index (χ4n) is 4.35. The van der Waals surface area contributed by atoms with Crippen LogP contribution < -0.4 is 5.32 Å². The summed E-state index contributed by atoms with van der Waals surface area (Å²) in [5, 5.41) is 3.05. The normalized spacial score (nSPS) is 15.1. The van der Waals surface area contributed by atoms with E-state index in [2.05, 4.69) is 5.32 Å². The monoisotopic (exact) mass is 426 g/mol. The van der Waals surface area contributed by atoms with Gasteiger partial charge in [0.2, 0.25) is 11.8 Å². The Morgan fingerprint density at radius 3 is 2.00 bits per heavy atom. The summed E-state index contributed by atoms with van der Waals surface area (Å²) in [5.74, 6) is -0.176. The number of hydrogen-bond donors (Lipinski definition) is 1. The summed E-state index contributed by atoms with van der Waals surface area (Å²) in [6, 6.07) is 25.9. The Balaban J connectivity index is 1.59. The summed E-state index contributed by atoms with van der Waals surface area (Å²) in [4.78, 5) is 40.0. The molecule has 0 spiro atoms. The van der Waals surface area contributed by atoms with Crippen LogP contribution in [0.1, 0.15) is 41.3 Å². The lowest BCUT2D eigenvalue weighted by molar-refractivity contribution is -0.133. The summed E-state index contributed by atoms with van der Waals surface area (Å²) in [5.41, 5.74) is 1.92. The van der Waals surface area contributed by atoms with E-state index >= 15 is 0 Å². The summed E-state index contributed by atoms with van der Waals surface area (Å²) in [6.45, 7) is 2.62. The molecule has 0 saturated carbocycles. The van der Waals surface area contributed by atoms with E-state index in [4.69, 9.17) is 0 Å². The number of carbonyl (C=O) groups excluding carboxylic acids is 3. The first-order valence-electron chi connectivity index (χ1n) is 10.8. The third kappa shape index (κ3) is 4.33. The van der Waals surface area contributed by atoms with Gasteiger partial charge in [0.1, 0.15) is 0 Å². The summed E-state index contributed by atoms with van der Waals surface area (Å²) < 4.78 is 0. The third-order valence-corrected chi connectivity index (χ3v) is 6.24. The fourth-order valence-corrected chi connectivity index (χ4v) is 4.35. The van der Waals surface area contributed by atoms with Gasteiger partial charge in [0.05, 0.1) is 5.41 Å². The summed E-state index contributed by atoms with van der Waals surface area (Å²) in [7, 11) is 0. The molecule has 3 aromatic rings. The molecule has 0 aliphatic carbocycles. The van der Waals surface area contributed by atoms with Crippen molar-refractivity contribution in [2.45, 2.75) is 25.2 Å². The van der Waals surface area contributed by atoms with Crippen LogP contribution in [-0.4, -0.2) is 35.6 Å². The van der Waals surface area contributed by atoms with E-state index in [1.165, 1.54) is 0 Å². The highest BCUT2D eigenvalue weighted by Crippen LogP contribution is 2.37. The fraction of sp³-hybridized carbons (Fsp3) is 0.222. The Bertz CT molecular complexity index is 1120. The van der Waals surface area contributed by atoms with Gasteiger partial charge < -0.3 is 10.2 Å². The Morgan fingerprint density at radius 2 is 1.38 bits per heavy atom. The topological polar surface area (TPSA) is 66.5 Å². The molecule has 1 aliphatic rings. The second-order valence-electron chi connectivity index (χ2n) is 8.18. The molecule has 2 amide bonds. The number of ketones is 1. The van der Waals surface area contributed by atoms with E-state index in [1.807, 2.05) is 48.5 Å². The maximum atomic E-state index is 13.6. The van der Waals surface area contributed by atoms with Gasteiger partial charge in [-0.25, -0.2) is 0 Å². The van der Waals surface area contributed by atoms with Crippen LogP contribution in [0.2, 0.25) is 0 Å². The lowest BCUT2D eigenvalue weighted by Crippen LogP contribution is -2.50. The number of amides is 2. The lowest BCUT2D eigenvalue weighted by Gasteiger charge is -2.40. The van der Waals surface area contributed by atoms with Crippen LogP contribution in [0.15, 0.2) is 84.9 Å². The molecule has 5 heteroatoms. The van der Waals surface area contributed by atoms with Crippen molar-refractivity contribution in [2.75, 3.05) is 18.4 Å². The van der Waals surface area contributed by atoms with E-state index in [-0.39, 0.29) is 17.6 Å². The van der Waals surface area contributed by atoms with Gasteiger partial charge in [0, 0.05) is 36.8 Å². The van der Waals surface area contributed by atoms with E-state index in [0.717, 1.165) is 5.56 Å². The highest BCUT2D eigenvalue weighted by molar-refractivity contribution is 6.10. The zero-order valence-corrected chi connectivity index (χ0v) is 18.1. The molecule has 0 aromatic heterocycles. The molecule has 162 valence electrons. The molecule has 32 heavy (non-hydrogen) atoms. The number of hydrogen-bond acceptors (Lipinski definition) is 3. The molecular weight excluding hydrogens is 400 g/mol. The molecule has 0 atom stereocenters. The minimum absolute atomic E-state index is 0.0270. The molecule has 1 N–H and O–H groups in total. The molecule has 5 nitrogen and oxygen atoms in total. The number of likely N-dealkylation sites (tertiary alicyclic amines) is 1. The van der Waals surface area contributed by atoms with Gasteiger partial charge >= 0.3 is 0 Å². The van der Waals surface area contributed by atoms with Gasteiger partial charge in [0.25, 0.3) is 0 Å². The van der Waals surface area contributed by atoms with Crippen molar-refractivity contribution in [3.63, 3.8) is 0 Å². The highest BCUT2D eigenvalue weighted by atomic mass is 16.2. The average Bonchev–Trinajstić information content (AvgIpc) is 2.84. The Kier molecular flexibility index (Phi) is 6.17. The van der Waals surface area contributed by atoms with E-state index in [1.54, 1.807) is 48.2 Å². The van der Waals surface area contributed by atoms with Crippen molar-refractivity contribution >= 4 is 23.3 Å². The van der Waals surface area contributed by atoms with Crippen LogP contribution in [0.3, 0.4) is 0 Å². The molecule has 0 bridgehead atoms. The molecule has 0 radical (unpaired) electrons. The smallest absolute Gasteiger partial charge is 0.235 e. The minimum Gasteiger partial charge on any atom is -0.343 e. The zero-order chi connectivity index (χ0) is 22.6. The molecular formula is C27H26N2O3. The van der Waals surface area contributed by atoms with Crippen LogP contribution in [0.4, 0.5) is 5.69 Å². The number of benzene rings is 3. The van der Waals surface area contributed by atoms with Crippen molar-refractivity contribution in [1.82, 2.24) is 4.90 Å². The number of anilines is 1. The quantitative estimate of drug-likeness (QED) is 0.614. The van der Waals surface area contributed by atoms with Crippen LogP contribution in [0.5, 0.6) is 0 Å². The number of nitrogens with zero attached hydrogens (tertiary/aromatic N) is 1. The van der Waals surface area contributed by atoms with Gasteiger partial charge in [-0.05, 0) is 30.5 Å². The first kappa shape index (κ1) is 21.5. The van der Waals surface area contributed by atoms with Gasteiger partial charge in [-0.1, -0.05) is 72.8 Å². The van der Waals surface area contributed by atoms with Crippen LogP contribution in [-0.2, 0) is 15.0 Å². The van der Waals surface area contributed by atoms with Crippen molar-refractivity contribution in [2.24, 2.45) is 0 Å². The van der Waals surface area contributed by atoms with E-state index in [9.17, 15) is 14.4 Å². The van der Waals surface area contributed by atoms with Crippen LogP contribution in [0.25, 0.3) is 0 Å². The van der Waals surface area contributed by atoms with Crippen molar-refractivity contribution in [3.8, 4) is 0 Å². The van der Waals surface area contributed by atoms with E-state index in [0.29, 0.717) is 42.7 Å². The van der Waals surface area contributed by atoms with Crippen molar-refractivity contribution in [3.05, 3.63) is 102 Å². The minimum atomic E-state index is -0.730. The first-order valence-corrected chi connectivity index (χ1v) is 10.8.